The maximum atomic E-state index is 12.6. The predicted molar refractivity (Wildman–Crippen MR) is 86.2 cm³/mol. The number of carbonyl (C=O) groups excluding carboxylic acids is 2. The van der Waals surface area contributed by atoms with Gasteiger partial charge in [-0.15, -0.1) is 0 Å². The van der Waals surface area contributed by atoms with Crippen molar-refractivity contribution in [3.63, 3.8) is 0 Å². The summed E-state index contributed by atoms with van der Waals surface area (Å²) in [5.41, 5.74) is 2.53. The van der Waals surface area contributed by atoms with Gasteiger partial charge in [-0.05, 0) is 58.2 Å². The van der Waals surface area contributed by atoms with Gasteiger partial charge >= 0.3 is 6.09 Å². The van der Waals surface area contributed by atoms with Crippen molar-refractivity contribution in [2.75, 3.05) is 13.1 Å². The molecule has 0 aliphatic carbocycles. The molecule has 1 aromatic rings. The molecule has 1 aromatic carbocycles. The zero-order valence-electron chi connectivity index (χ0n) is 14.1. The first-order chi connectivity index (χ1) is 10.2. The van der Waals surface area contributed by atoms with Gasteiger partial charge in [0.2, 0.25) is 0 Å². The van der Waals surface area contributed by atoms with Gasteiger partial charge in [0.05, 0.1) is 0 Å². The number of Topliss-reactive ketones (excluding diaryl/α,β-unsaturated/α-hetero) is 1. The molecule has 2 rings (SSSR count). The molecular formula is C18H25NO3. The molecule has 0 bridgehead atoms. The summed E-state index contributed by atoms with van der Waals surface area (Å²) in [5.74, 6) is -0.0104. The molecule has 1 heterocycles. The Kier molecular flexibility index (Phi) is 4.59. The molecule has 1 atom stereocenters. The lowest BCUT2D eigenvalue weighted by molar-refractivity contribution is 0.0289. The normalized spacial score (nSPS) is 18.4. The largest absolute Gasteiger partial charge is 0.444 e. The van der Waals surface area contributed by atoms with Crippen LogP contribution in [0.2, 0.25) is 0 Å². The number of nitrogens with zero attached hydrogens (tertiary/aromatic N) is 1. The zero-order chi connectivity index (χ0) is 16.5. The van der Waals surface area contributed by atoms with Crippen LogP contribution < -0.4 is 0 Å². The summed E-state index contributed by atoms with van der Waals surface area (Å²) in [7, 11) is 0. The van der Waals surface area contributed by atoms with Crippen molar-refractivity contribution in [3.8, 4) is 0 Å². The van der Waals surface area contributed by atoms with Crippen LogP contribution in [-0.2, 0) is 4.74 Å². The molecule has 120 valence electrons. The molecule has 4 heteroatoms. The third-order valence-electron chi connectivity index (χ3n) is 4.00. The Hall–Kier alpha value is -1.84. The van der Waals surface area contributed by atoms with Crippen LogP contribution in [0.1, 0.15) is 48.7 Å². The molecule has 1 aliphatic heterocycles. The molecule has 1 fully saturated rings. The van der Waals surface area contributed by atoms with E-state index in [0.717, 1.165) is 11.1 Å². The van der Waals surface area contributed by atoms with Gasteiger partial charge in [-0.2, -0.15) is 0 Å². The highest BCUT2D eigenvalue weighted by Gasteiger charge is 2.33. The quantitative estimate of drug-likeness (QED) is 0.782. The zero-order valence-corrected chi connectivity index (χ0v) is 14.1. The second kappa shape index (κ2) is 6.11. The van der Waals surface area contributed by atoms with E-state index in [2.05, 4.69) is 0 Å². The van der Waals surface area contributed by atoms with Crippen LogP contribution in [-0.4, -0.2) is 35.5 Å². The van der Waals surface area contributed by atoms with Crippen molar-refractivity contribution in [1.82, 2.24) is 4.90 Å². The first-order valence-corrected chi connectivity index (χ1v) is 7.77. The summed E-state index contributed by atoms with van der Waals surface area (Å²) < 4.78 is 5.37. The highest BCUT2D eigenvalue weighted by atomic mass is 16.6. The Morgan fingerprint density at radius 2 is 1.86 bits per heavy atom. The monoisotopic (exact) mass is 303 g/mol. The number of hydrogen-bond donors (Lipinski definition) is 0. The lowest BCUT2D eigenvalue weighted by atomic mass is 9.95. The summed E-state index contributed by atoms with van der Waals surface area (Å²) in [5, 5.41) is 0. The van der Waals surface area contributed by atoms with Crippen LogP contribution in [0, 0.1) is 19.8 Å². The van der Waals surface area contributed by atoms with E-state index in [1.54, 1.807) is 4.90 Å². The third kappa shape index (κ3) is 3.87. The first kappa shape index (κ1) is 16.5. The van der Waals surface area contributed by atoms with E-state index in [1.165, 1.54) is 5.56 Å². The number of ketones is 1. The number of aryl methyl sites for hydroxylation is 2. The average molecular weight is 303 g/mol. The molecule has 1 saturated heterocycles. The summed E-state index contributed by atoms with van der Waals surface area (Å²) in [6.45, 7) is 10.6. The van der Waals surface area contributed by atoms with Gasteiger partial charge in [0.25, 0.3) is 0 Å². The minimum atomic E-state index is -0.507. The van der Waals surface area contributed by atoms with Crippen molar-refractivity contribution < 1.29 is 14.3 Å². The summed E-state index contributed by atoms with van der Waals surface area (Å²) in [6, 6.07) is 5.79. The number of hydrogen-bond acceptors (Lipinski definition) is 3. The Morgan fingerprint density at radius 3 is 2.45 bits per heavy atom. The van der Waals surface area contributed by atoms with E-state index in [9.17, 15) is 9.59 Å². The van der Waals surface area contributed by atoms with Crippen LogP contribution in [0.25, 0.3) is 0 Å². The molecule has 4 nitrogen and oxygen atoms in total. The van der Waals surface area contributed by atoms with Gasteiger partial charge in [-0.25, -0.2) is 4.79 Å². The third-order valence-corrected chi connectivity index (χ3v) is 4.00. The average Bonchev–Trinajstić information content (AvgIpc) is 2.89. The molecule has 1 amide bonds. The van der Waals surface area contributed by atoms with E-state index >= 15 is 0 Å². The topological polar surface area (TPSA) is 46.6 Å². The van der Waals surface area contributed by atoms with Gasteiger partial charge in [-0.1, -0.05) is 12.1 Å². The number of amides is 1. The second-order valence-electron chi connectivity index (χ2n) is 7.08. The minimum absolute atomic E-state index is 0.120. The van der Waals surface area contributed by atoms with Crippen molar-refractivity contribution >= 4 is 11.9 Å². The SMILES string of the molecule is Cc1ccc(C(=O)C2CCN(C(=O)OC(C)(C)C)C2)cc1C. The number of likely N-dealkylation sites (tertiary alicyclic amines) is 1. The van der Waals surface area contributed by atoms with E-state index in [1.807, 2.05) is 52.8 Å². The maximum absolute atomic E-state index is 12.6. The standard InChI is InChI=1S/C18H25NO3/c1-12-6-7-14(10-13(12)2)16(20)15-8-9-19(11-15)17(21)22-18(3,4)5/h6-7,10,15H,8-9,11H2,1-5H3. The lowest BCUT2D eigenvalue weighted by Crippen LogP contribution is -2.35. The van der Waals surface area contributed by atoms with Crippen molar-refractivity contribution in [3.05, 3.63) is 34.9 Å². The van der Waals surface area contributed by atoms with Gasteiger partial charge in [0.15, 0.2) is 5.78 Å². The van der Waals surface area contributed by atoms with Gasteiger partial charge in [0, 0.05) is 24.6 Å². The van der Waals surface area contributed by atoms with E-state index in [4.69, 9.17) is 4.74 Å². The Morgan fingerprint density at radius 1 is 1.18 bits per heavy atom. The van der Waals surface area contributed by atoms with E-state index < -0.39 is 5.60 Å². The Labute approximate surface area is 132 Å². The molecule has 0 saturated carbocycles. The van der Waals surface area contributed by atoms with Crippen LogP contribution in [0.4, 0.5) is 4.79 Å². The van der Waals surface area contributed by atoms with Crippen molar-refractivity contribution in [2.45, 2.75) is 46.6 Å². The van der Waals surface area contributed by atoms with Crippen molar-refractivity contribution in [2.24, 2.45) is 5.92 Å². The number of ether oxygens (including phenoxy) is 1. The highest BCUT2D eigenvalue weighted by molar-refractivity contribution is 5.98. The molecule has 1 unspecified atom stereocenters. The fourth-order valence-corrected chi connectivity index (χ4v) is 2.60. The van der Waals surface area contributed by atoms with E-state index in [0.29, 0.717) is 19.5 Å². The molecule has 1 aliphatic rings. The first-order valence-electron chi connectivity index (χ1n) is 7.77. The highest BCUT2D eigenvalue weighted by Crippen LogP contribution is 2.23. The van der Waals surface area contributed by atoms with E-state index in [-0.39, 0.29) is 17.8 Å². The Bertz CT molecular complexity index is 586. The molecular weight excluding hydrogens is 278 g/mol. The molecule has 0 spiro atoms. The van der Waals surface area contributed by atoms with Crippen LogP contribution in [0.15, 0.2) is 18.2 Å². The number of rotatable bonds is 2. The summed E-state index contributed by atoms with van der Waals surface area (Å²) in [6.07, 6.45) is 0.369. The fourth-order valence-electron chi connectivity index (χ4n) is 2.60. The molecule has 0 N–H and O–H groups in total. The lowest BCUT2D eigenvalue weighted by Gasteiger charge is -2.24. The summed E-state index contributed by atoms with van der Waals surface area (Å²) in [4.78, 5) is 26.3. The number of benzene rings is 1. The van der Waals surface area contributed by atoms with Crippen LogP contribution in [0.3, 0.4) is 0 Å². The van der Waals surface area contributed by atoms with Crippen molar-refractivity contribution in [1.29, 1.82) is 0 Å². The second-order valence-corrected chi connectivity index (χ2v) is 7.08. The van der Waals surface area contributed by atoms with Gasteiger partial charge < -0.3 is 9.64 Å². The Balaban J connectivity index is 2.02. The number of carbonyl (C=O) groups is 2. The fraction of sp³-hybridized carbons (Fsp3) is 0.556. The van der Waals surface area contributed by atoms with Gasteiger partial charge in [-0.3, -0.25) is 4.79 Å². The minimum Gasteiger partial charge on any atom is -0.444 e. The maximum Gasteiger partial charge on any atom is 0.410 e. The molecule has 0 radical (unpaired) electrons. The summed E-state index contributed by atoms with van der Waals surface area (Å²) >= 11 is 0. The van der Waals surface area contributed by atoms with Crippen LogP contribution >= 0.6 is 0 Å². The van der Waals surface area contributed by atoms with Crippen LogP contribution in [0.5, 0.6) is 0 Å². The predicted octanol–water partition coefficient (Wildman–Crippen LogP) is 3.74. The smallest absolute Gasteiger partial charge is 0.410 e. The molecule has 22 heavy (non-hydrogen) atoms. The molecule has 0 aromatic heterocycles. The van der Waals surface area contributed by atoms with Gasteiger partial charge in [0.1, 0.15) is 5.60 Å².